The second-order valence-corrected chi connectivity index (χ2v) is 6.72. The molecule has 1 N–H and O–H groups in total. The van der Waals surface area contributed by atoms with Crippen molar-refractivity contribution in [2.45, 2.75) is 18.9 Å². The number of hydrogen-bond acceptors (Lipinski definition) is 2. The van der Waals surface area contributed by atoms with Crippen LogP contribution in [0.1, 0.15) is 23.8 Å². The van der Waals surface area contributed by atoms with Crippen LogP contribution in [-0.4, -0.2) is 17.5 Å². The number of halogens is 2. The van der Waals surface area contributed by atoms with E-state index in [0.29, 0.717) is 15.7 Å². The van der Waals surface area contributed by atoms with E-state index in [-0.39, 0.29) is 12.1 Å². The Hall–Kier alpha value is -1.23. The van der Waals surface area contributed by atoms with E-state index in [1.54, 1.807) is 29.5 Å². The predicted molar refractivity (Wildman–Crippen MR) is 88.5 cm³/mol. The lowest BCUT2D eigenvalue weighted by Gasteiger charge is -2.24. The lowest BCUT2D eigenvalue weighted by Crippen LogP contribution is -2.34. The summed E-state index contributed by atoms with van der Waals surface area (Å²) in [4.78, 5) is 15.6. The van der Waals surface area contributed by atoms with E-state index >= 15 is 0 Å². The van der Waals surface area contributed by atoms with E-state index in [1.807, 2.05) is 16.3 Å². The molecule has 0 spiro atoms. The topological polar surface area (TPSA) is 32.3 Å². The standard InChI is InChI=1S/C15H14Cl2N2OS/c16-11-6-5-10(9-12(11)17)18-15(20)19-7-1-3-13(19)14-4-2-8-21-14/h2,4-6,8-9,13H,1,3,7H2,(H,18,20)/t13-/m1/s1. The Balaban J connectivity index is 1.73. The number of urea groups is 1. The van der Waals surface area contributed by atoms with Crippen molar-refractivity contribution in [1.29, 1.82) is 0 Å². The fourth-order valence-electron chi connectivity index (χ4n) is 2.56. The molecule has 6 heteroatoms. The Bertz CT molecular complexity index is 645. The van der Waals surface area contributed by atoms with Crippen molar-refractivity contribution in [1.82, 2.24) is 4.90 Å². The van der Waals surface area contributed by atoms with Gasteiger partial charge in [-0.25, -0.2) is 4.79 Å². The Labute approximate surface area is 137 Å². The van der Waals surface area contributed by atoms with Crippen LogP contribution in [0, 0.1) is 0 Å². The number of amides is 2. The number of nitrogens with one attached hydrogen (secondary N) is 1. The maximum atomic E-state index is 12.5. The SMILES string of the molecule is O=C(Nc1ccc(Cl)c(Cl)c1)N1CCC[C@@H]1c1cccs1. The second-order valence-electron chi connectivity index (χ2n) is 4.93. The number of nitrogens with zero attached hydrogens (tertiary/aromatic N) is 1. The summed E-state index contributed by atoms with van der Waals surface area (Å²) < 4.78 is 0. The molecule has 110 valence electrons. The molecule has 1 atom stereocenters. The van der Waals surface area contributed by atoms with Gasteiger partial charge in [-0.05, 0) is 42.5 Å². The molecular weight excluding hydrogens is 327 g/mol. The highest BCUT2D eigenvalue weighted by atomic mass is 35.5. The summed E-state index contributed by atoms with van der Waals surface area (Å²) in [5.74, 6) is 0. The van der Waals surface area contributed by atoms with Crippen LogP contribution in [0.5, 0.6) is 0 Å². The Morgan fingerprint density at radius 1 is 1.29 bits per heavy atom. The molecule has 0 radical (unpaired) electrons. The highest BCUT2D eigenvalue weighted by Gasteiger charge is 2.30. The van der Waals surface area contributed by atoms with Gasteiger partial charge >= 0.3 is 6.03 Å². The van der Waals surface area contributed by atoms with E-state index in [2.05, 4.69) is 11.4 Å². The van der Waals surface area contributed by atoms with Gasteiger partial charge in [0.15, 0.2) is 0 Å². The minimum absolute atomic E-state index is 0.0933. The first-order valence-corrected chi connectivity index (χ1v) is 8.35. The van der Waals surface area contributed by atoms with Gasteiger partial charge in [-0.1, -0.05) is 29.3 Å². The molecule has 1 aromatic heterocycles. The number of carbonyl (C=O) groups is 1. The van der Waals surface area contributed by atoms with Crippen molar-refractivity contribution in [3.8, 4) is 0 Å². The van der Waals surface area contributed by atoms with Gasteiger partial charge < -0.3 is 10.2 Å². The van der Waals surface area contributed by atoms with Gasteiger partial charge in [-0.3, -0.25) is 0 Å². The first-order valence-electron chi connectivity index (χ1n) is 6.71. The highest BCUT2D eigenvalue weighted by molar-refractivity contribution is 7.10. The monoisotopic (exact) mass is 340 g/mol. The number of anilines is 1. The van der Waals surface area contributed by atoms with Crippen molar-refractivity contribution in [2.75, 3.05) is 11.9 Å². The summed E-state index contributed by atoms with van der Waals surface area (Å²) >= 11 is 13.5. The lowest BCUT2D eigenvalue weighted by atomic mass is 10.2. The number of rotatable bonds is 2. The first kappa shape index (κ1) is 14.7. The van der Waals surface area contributed by atoms with Crippen molar-refractivity contribution in [3.63, 3.8) is 0 Å². The van der Waals surface area contributed by atoms with Crippen LogP contribution in [0.4, 0.5) is 10.5 Å². The van der Waals surface area contributed by atoms with Crippen LogP contribution in [0.3, 0.4) is 0 Å². The molecule has 1 aliphatic heterocycles. The van der Waals surface area contributed by atoms with Crippen LogP contribution in [0.2, 0.25) is 10.0 Å². The zero-order chi connectivity index (χ0) is 14.8. The van der Waals surface area contributed by atoms with Crippen LogP contribution in [0.25, 0.3) is 0 Å². The summed E-state index contributed by atoms with van der Waals surface area (Å²) in [6.07, 6.45) is 2.03. The van der Waals surface area contributed by atoms with E-state index in [0.717, 1.165) is 19.4 Å². The number of thiophene rings is 1. The highest BCUT2D eigenvalue weighted by Crippen LogP contribution is 2.35. The Kier molecular flexibility index (Phi) is 4.38. The minimum atomic E-state index is -0.0933. The zero-order valence-corrected chi connectivity index (χ0v) is 13.5. The van der Waals surface area contributed by atoms with Gasteiger partial charge in [-0.2, -0.15) is 0 Å². The molecule has 1 fully saturated rings. The quantitative estimate of drug-likeness (QED) is 0.777. The molecule has 0 unspecified atom stereocenters. The number of carbonyl (C=O) groups excluding carboxylic acids is 1. The summed E-state index contributed by atoms with van der Waals surface area (Å²) in [7, 11) is 0. The Morgan fingerprint density at radius 2 is 2.14 bits per heavy atom. The normalized spacial score (nSPS) is 18.0. The predicted octanol–water partition coefficient (Wildman–Crippen LogP) is 5.42. The molecule has 2 amide bonds. The first-order chi connectivity index (χ1) is 10.1. The molecule has 0 aliphatic carbocycles. The van der Waals surface area contributed by atoms with Gasteiger partial charge in [0.25, 0.3) is 0 Å². The smallest absolute Gasteiger partial charge is 0.317 e. The molecule has 1 aromatic carbocycles. The fourth-order valence-corrected chi connectivity index (χ4v) is 3.73. The summed E-state index contributed by atoms with van der Waals surface area (Å²) in [5.41, 5.74) is 0.659. The van der Waals surface area contributed by atoms with Gasteiger partial charge in [-0.15, -0.1) is 11.3 Å². The van der Waals surface area contributed by atoms with Gasteiger partial charge in [0.1, 0.15) is 0 Å². The molecule has 3 rings (SSSR count). The Morgan fingerprint density at radius 3 is 2.86 bits per heavy atom. The van der Waals surface area contributed by atoms with Crippen LogP contribution in [-0.2, 0) is 0 Å². The molecule has 1 saturated heterocycles. The van der Waals surface area contributed by atoms with E-state index in [4.69, 9.17) is 23.2 Å². The number of benzene rings is 1. The van der Waals surface area contributed by atoms with E-state index in [9.17, 15) is 4.79 Å². The van der Waals surface area contributed by atoms with Gasteiger partial charge in [0, 0.05) is 17.1 Å². The van der Waals surface area contributed by atoms with Gasteiger partial charge in [0.05, 0.1) is 16.1 Å². The van der Waals surface area contributed by atoms with Crippen LogP contribution >= 0.6 is 34.5 Å². The molecule has 2 aromatic rings. The molecular formula is C15H14Cl2N2OS. The zero-order valence-electron chi connectivity index (χ0n) is 11.2. The average Bonchev–Trinajstić information content (AvgIpc) is 3.12. The molecule has 3 nitrogen and oxygen atoms in total. The summed E-state index contributed by atoms with van der Waals surface area (Å²) in [6, 6.07) is 9.28. The largest absolute Gasteiger partial charge is 0.322 e. The van der Waals surface area contributed by atoms with Gasteiger partial charge in [0.2, 0.25) is 0 Å². The third-order valence-electron chi connectivity index (χ3n) is 3.56. The van der Waals surface area contributed by atoms with Crippen molar-refractivity contribution < 1.29 is 4.79 Å². The molecule has 21 heavy (non-hydrogen) atoms. The van der Waals surface area contributed by atoms with E-state index < -0.39 is 0 Å². The molecule has 1 aliphatic rings. The molecule has 2 heterocycles. The maximum absolute atomic E-state index is 12.5. The van der Waals surface area contributed by atoms with E-state index in [1.165, 1.54) is 4.88 Å². The van der Waals surface area contributed by atoms with Crippen molar-refractivity contribution in [2.24, 2.45) is 0 Å². The second kappa shape index (κ2) is 6.26. The maximum Gasteiger partial charge on any atom is 0.322 e. The summed E-state index contributed by atoms with van der Waals surface area (Å²) in [6.45, 7) is 0.774. The lowest BCUT2D eigenvalue weighted by molar-refractivity contribution is 0.208. The van der Waals surface area contributed by atoms with Crippen LogP contribution < -0.4 is 5.32 Å². The average molecular weight is 341 g/mol. The third-order valence-corrected chi connectivity index (χ3v) is 5.27. The van der Waals surface area contributed by atoms with Crippen LogP contribution in [0.15, 0.2) is 35.7 Å². The number of likely N-dealkylation sites (tertiary alicyclic amines) is 1. The third kappa shape index (κ3) is 3.18. The minimum Gasteiger partial charge on any atom is -0.317 e. The van der Waals surface area contributed by atoms with Crippen molar-refractivity contribution in [3.05, 3.63) is 50.6 Å². The fraction of sp³-hybridized carbons (Fsp3) is 0.267. The molecule has 0 bridgehead atoms. The summed E-state index contributed by atoms with van der Waals surface area (Å²) in [5, 5.41) is 5.85. The number of hydrogen-bond donors (Lipinski definition) is 1. The molecule has 0 saturated carbocycles. The van der Waals surface area contributed by atoms with Crippen molar-refractivity contribution >= 4 is 46.3 Å².